The number of benzene rings is 3. The van der Waals surface area contributed by atoms with Crippen LogP contribution in [0, 0.1) is 0 Å². The first-order chi connectivity index (χ1) is 30.8. The number of ether oxygens (including phenoxy) is 3. The van der Waals surface area contributed by atoms with E-state index in [0.717, 1.165) is 0 Å². The first kappa shape index (κ1) is 45.2. The number of aromatic nitrogens is 1. The van der Waals surface area contributed by atoms with E-state index in [2.05, 4.69) is 15.6 Å². The van der Waals surface area contributed by atoms with E-state index in [1.54, 1.807) is 24.3 Å². The fourth-order valence-corrected chi connectivity index (χ4v) is 9.48. The van der Waals surface area contributed by atoms with Crippen molar-refractivity contribution in [3.8, 4) is 17.2 Å². The molecule has 1 aromatic heterocycles. The number of aliphatic hydroxyl groups is 2. The zero-order chi connectivity index (χ0) is 46.9. The molecule has 8 atom stereocenters. The van der Waals surface area contributed by atoms with Crippen molar-refractivity contribution < 1.29 is 72.2 Å². The van der Waals surface area contributed by atoms with E-state index in [0.29, 0.717) is 15.8 Å². The zero-order valence-corrected chi connectivity index (χ0v) is 35.6. The van der Waals surface area contributed by atoms with Gasteiger partial charge in [0.15, 0.2) is 17.9 Å². The molecule has 4 aliphatic rings. The van der Waals surface area contributed by atoms with Crippen molar-refractivity contribution in [2.24, 2.45) is 0 Å². The number of carbonyl (C=O) groups excluding carboxylic acids is 6. The lowest BCUT2D eigenvalue weighted by atomic mass is 9.71. The van der Waals surface area contributed by atoms with Gasteiger partial charge in [-0.2, -0.15) is 0 Å². The van der Waals surface area contributed by atoms with Gasteiger partial charge < -0.3 is 50.2 Å². The normalized spacial score (nSPS) is 26.1. The predicted molar refractivity (Wildman–Crippen MR) is 223 cm³/mol. The maximum absolute atomic E-state index is 15.1. The molecule has 2 aliphatic carbocycles. The largest absolute Gasteiger partial charge is 0.507 e. The van der Waals surface area contributed by atoms with Crippen LogP contribution in [-0.4, -0.2) is 127 Å². The summed E-state index contributed by atoms with van der Waals surface area (Å²) in [5.74, 6) is -10.0. The molecule has 2 aliphatic heterocycles. The lowest BCUT2D eigenvalue weighted by Crippen LogP contribution is -2.59. The molecule has 0 bridgehead atoms. The van der Waals surface area contributed by atoms with Crippen LogP contribution in [0.3, 0.4) is 0 Å². The number of nitrogens with zero attached hydrogens (tertiary/aromatic N) is 2. The van der Waals surface area contributed by atoms with Gasteiger partial charge in [0, 0.05) is 60.4 Å². The van der Waals surface area contributed by atoms with E-state index >= 15 is 8.78 Å². The van der Waals surface area contributed by atoms with Crippen LogP contribution in [0.2, 0.25) is 0 Å². The first-order valence-electron chi connectivity index (χ1n) is 21.0. The van der Waals surface area contributed by atoms with Crippen LogP contribution in [0.15, 0.2) is 54.7 Å². The van der Waals surface area contributed by atoms with Crippen LogP contribution in [-0.2, 0) is 30.3 Å². The number of hydrogen-bond donors (Lipinski definition) is 6. The van der Waals surface area contributed by atoms with E-state index in [4.69, 9.17) is 14.2 Å². The standard InChI is InChI=1S/C46H46F2N4O13/c1-5-31(53)45(62)16-25-34(41(58)36-35(39(25)56)38(55)24-10-8-12-29(63-4)33(24)40(36)57)30(18-45)65-32-15-27(37(54)21(3)64-32)51-43(60)28-17-46(47,48)19-52(28)44(61)20(2)50-42(59)23-13-14-49-26-11-7-6-9-22(23)26/h6-14,20-21,27-28,30,32,37,54,56,58,62H,5,15-19H2,1-4H3,(H,50,59)(H,51,60)/t20-,21?,27?,28+,30+,32?,37?,45+/m1/s1. The third-order valence-corrected chi connectivity index (χ3v) is 12.7. The molecule has 8 rings (SSSR count). The summed E-state index contributed by atoms with van der Waals surface area (Å²) in [6, 6.07) is 8.14. The van der Waals surface area contributed by atoms with E-state index in [9.17, 15) is 49.2 Å². The van der Waals surface area contributed by atoms with Crippen molar-refractivity contribution in [3.05, 3.63) is 93.7 Å². The van der Waals surface area contributed by atoms with Crippen LogP contribution in [0.25, 0.3) is 10.9 Å². The van der Waals surface area contributed by atoms with Crippen molar-refractivity contribution >= 4 is 46.0 Å². The van der Waals surface area contributed by atoms with Crippen LogP contribution in [0.1, 0.15) is 106 Å². The topological polar surface area (TPSA) is 251 Å². The Balaban J connectivity index is 1.04. The van der Waals surface area contributed by atoms with Gasteiger partial charge in [-0.15, -0.1) is 0 Å². The first-order valence-corrected chi connectivity index (χ1v) is 21.0. The Labute approximate surface area is 369 Å². The number of likely N-dealkylation sites (tertiary alicyclic amines) is 1. The van der Waals surface area contributed by atoms with Crippen LogP contribution in [0.5, 0.6) is 17.2 Å². The Morgan fingerprint density at radius 1 is 1.00 bits per heavy atom. The molecular formula is C46H46F2N4O13. The highest BCUT2D eigenvalue weighted by molar-refractivity contribution is 6.31. The van der Waals surface area contributed by atoms with Gasteiger partial charge >= 0.3 is 0 Å². The molecule has 6 N–H and O–H groups in total. The molecule has 4 unspecified atom stereocenters. The Kier molecular flexibility index (Phi) is 11.7. The number of ketones is 3. The quantitative estimate of drug-likeness (QED) is 0.110. The molecule has 17 nitrogen and oxygen atoms in total. The van der Waals surface area contributed by atoms with Gasteiger partial charge in [0.2, 0.25) is 17.6 Å². The molecule has 3 aromatic carbocycles. The average molecular weight is 901 g/mol. The number of phenols is 2. The number of para-hydroxylation sites is 1. The molecule has 0 spiro atoms. The number of rotatable bonds is 10. The number of Topliss-reactive ketones (excluding diaryl/α,β-unsaturated/α-hetero) is 1. The molecule has 342 valence electrons. The predicted octanol–water partition coefficient (Wildman–Crippen LogP) is 3.18. The molecule has 0 radical (unpaired) electrons. The molecular weight excluding hydrogens is 855 g/mol. The number of carbonyl (C=O) groups is 6. The minimum absolute atomic E-state index is 0.0278. The van der Waals surface area contributed by atoms with Gasteiger partial charge in [-0.3, -0.25) is 33.8 Å². The van der Waals surface area contributed by atoms with E-state index in [1.807, 2.05) is 0 Å². The van der Waals surface area contributed by atoms with Crippen LogP contribution >= 0.6 is 0 Å². The van der Waals surface area contributed by atoms with E-state index in [-0.39, 0.29) is 46.4 Å². The second kappa shape index (κ2) is 16.9. The number of phenolic OH excluding ortho intramolecular Hbond substituents is 2. The Hall–Kier alpha value is -6.41. The SMILES string of the molecule is CCC(=O)[C@]1(O)Cc2c(O)c3c(c(O)c2[C@@H](OC2CC(NC(=O)[C@@H]4CC(F)(F)CN4C(=O)[C@@H](C)NC(=O)c4ccnc5ccccc45)C(O)C(C)O2)C1)C(=O)c1c(OC)cccc1C3=O. The average Bonchev–Trinajstić information content (AvgIpc) is 3.62. The summed E-state index contributed by atoms with van der Waals surface area (Å²) >= 11 is 0. The zero-order valence-electron chi connectivity index (χ0n) is 35.6. The minimum Gasteiger partial charge on any atom is -0.507 e. The molecule has 4 aromatic rings. The second-order valence-electron chi connectivity index (χ2n) is 16.9. The Bertz CT molecular complexity index is 2670. The summed E-state index contributed by atoms with van der Waals surface area (Å²) in [5.41, 5.74) is -3.35. The highest BCUT2D eigenvalue weighted by atomic mass is 19.3. The van der Waals surface area contributed by atoms with Gasteiger partial charge in [-0.05, 0) is 32.0 Å². The number of fused-ring (bicyclic) bond motifs is 4. The van der Waals surface area contributed by atoms with E-state index in [1.165, 1.54) is 58.3 Å². The molecule has 3 heterocycles. The molecule has 65 heavy (non-hydrogen) atoms. The monoisotopic (exact) mass is 900 g/mol. The third kappa shape index (κ3) is 7.85. The number of hydrogen-bond acceptors (Lipinski definition) is 14. The maximum atomic E-state index is 15.1. The summed E-state index contributed by atoms with van der Waals surface area (Å²) < 4.78 is 47.7. The van der Waals surface area contributed by atoms with Gasteiger partial charge in [-0.25, -0.2) is 8.78 Å². The number of alkyl halides is 2. The smallest absolute Gasteiger partial charge is 0.267 e. The molecule has 2 saturated heterocycles. The number of halogens is 2. The van der Waals surface area contributed by atoms with Crippen molar-refractivity contribution in [1.29, 1.82) is 0 Å². The third-order valence-electron chi connectivity index (χ3n) is 12.7. The maximum Gasteiger partial charge on any atom is 0.267 e. The number of nitrogens with one attached hydrogen (secondary N) is 2. The second-order valence-corrected chi connectivity index (χ2v) is 16.9. The van der Waals surface area contributed by atoms with Gasteiger partial charge in [0.1, 0.15) is 41.0 Å². The summed E-state index contributed by atoms with van der Waals surface area (Å²) in [6.45, 7) is 3.10. The van der Waals surface area contributed by atoms with Crippen LogP contribution < -0.4 is 15.4 Å². The lowest BCUT2D eigenvalue weighted by molar-refractivity contribution is -0.249. The highest BCUT2D eigenvalue weighted by Crippen LogP contribution is 2.53. The van der Waals surface area contributed by atoms with Gasteiger partial charge in [0.05, 0.1) is 59.7 Å². The molecule has 19 heteroatoms. The Morgan fingerprint density at radius 2 is 1.72 bits per heavy atom. The summed E-state index contributed by atoms with van der Waals surface area (Å²) in [4.78, 5) is 87.1. The van der Waals surface area contributed by atoms with E-state index < -0.39 is 138 Å². The molecule has 3 amide bonds. The fraction of sp³-hybridized carbons (Fsp3) is 0.413. The summed E-state index contributed by atoms with van der Waals surface area (Å²) in [7, 11) is 1.29. The van der Waals surface area contributed by atoms with Crippen LogP contribution in [0.4, 0.5) is 8.78 Å². The Morgan fingerprint density at radius 3 is 2.45 bits per heavy atom. The summed E-state index contributed by atoms with van der Waals surface area (Å²) in [6.07, 6.45) is -6.82. The highest BCUT2D eigenvalue weighted by Gasteiger charge is 2.53. The number of aromatic hydroxyl groups is 2. The summed E-state index contributed by atoms with van der Waals surface area (Å²) in [5, 5.41) is 52.2. The number of amides is 3. The fourth-order valence-electron chi connectivity index (χ4n) is 9.48. The number of pyridine rings is 1. The number of methoxy groups -OCH3 is 1. The molecule has 2 fully saturated rings. The van der Waals surface area contributed by atoms with Crippen molar-refractivity contribution in [1.82, 2.24) is 20.5 Å². The minimum atomic E-state index is -3.50. The van der Waals surface area contributed by atoms with Crippen molar-refractivity contribution in [2.45, 2.75) is 107 Å². The lowest BCUT2D eigenvalue weighted by Gasteiger charge is -2.43. The van der Waals surface area contributed by atoms with Gasteiger partial charge in [-0.1, -0.05) is 37.3 Å². The van der Waals surface area contributed by atoms with Gasteiger partial charge in [0.25, 0.3) is 11.8 Å². The number of aliphatic hydroxyl groups excluding tert-OH is 1. The molecule has 0 saturated carbocycles. The van der Waals surface area contributed by atoms with Crippen molar-refractivity contribution in [3.63, 3.8) is 0 Å². The van der Waals surface area contributed by atoms with Crippen molar-refractivity contribution in [2.75, 3.05) is 13.7 Å².